The molecule has 7 heteroatoms. The summed E-state index contributed by atoms with van der Waals surface area (Å²) in [6.45, 7) is 3.55. The van der Waals surface area contributed by atoms with Crippen LogP contribution in [-0.4, -0.2) is 27.9 Å². The van der Waals surface area contributed by atoms with E-state index < -0.39 is 5.97 Å². The van der Waals surface area contributed by atoms with Crippen molar-refractivity contribution in [2.24, 2.45) is 0 Å². The average Bonchev–Trinajstić information content (AvgIpc) is 2.95. The Hall–Kier alpha value is -2.41. The van der Waals surface area contributed by atoms with Crippen LogP contribution >= 0.6 is 11.3 Å². The van der Waals surface area contributed by atoms with Gasteiger partial charge in [0, 0.05) is 18.8 Å². The standard InChI is InChI=1S/C14H13N3O3S/c1-3-20-13(19)10-7-17-11-5-4-9(15-8(2)18)6-12(11)21-14(17)16-10/h4-7H,3H2,1-2H3,(H,15,18). The lowest BCUT2D eigenvalue weighted by Gasteiger charge is -2.01. The van der Waals surface area contributed by atoms with Crippen LogP contribution in [-0.2, 0) is 9.53 Å². The quantitative estimate of drug-likeness (QED) is 0.755. The fourth-order valence-corrected chi connectivity index (χ4v) is 3.13. The number of hydrogen-bond acceptors (Lipinski definition) is 5. The number of hydrogen-bond donors (Lipinski definition) is 1. The molecule has 0 bridgehead atoms. The maximum absolute atomic E-state index is 11.7. The van der Waals surface area contributed by atoms with Crippen molar-refractivity contribution in [2.45, 2.75) is 13.8 Å². The van der Waals surface area contributed by atoms with Crippen molar-refractivity contribution in [3.63, 3.8) is 0 Å². The average molecular weight is 303 g/mol. The van der Waals surface area contributed by atoms with E-state index in [-0.39, 0.29) is 5.91 Å². The van der Waals surface area contributed by atoms with E-state index in [9.17, 15) is 9.59 Å². The van der Waals surface area contributed by atoms with Gasteiger partial charge in [-0.25, -0.2) is 9.78 Å². The molecule has 0 radical (unpaired) electrons. The number of carbonyl (C=O) groups is 2. The highest BCUT2D eigenvalue weighted by Crippen LogP contribution is 2.29. The Kier molecular flexibility index (Phi) is 3.34. The summed E-state index contributed by atoms with van der Waals surface area (Å²) in [5.41, 5.74) is 1.98. The number of nitrogens with one attached hydrogen (secondary N) is 1. The first kappa shape index (κ1) is 13.6. The number of aromatic nitrogens is 2. The minimum absolute atomic E-state index is 0.111. The largest absolute Gasteiger partial charge is 0.461 e. The Morgan fingerprint density at radius 1 is 1.43 bits per heavy atom. The molecule has 0 unspecified atom stereocenters. The monoisotopic (exact) mass is 303 g/mol. The maximum atomic E-state index is 11.7. The van der Waals surface area contributed by atoms with Crippen molar-refractivity contribution >= 4 is 44.1 Å². The van der Waals surface area contributed by atoms with E-state index in [4.69, 9.17) is 4.74 Å². The molecule has 6 nitrogen and oxygen atoms in total. The summed E-state index contributed by atoms with van der Waals surface area (Å²) >= 11 is 1.45. The molecule has 0 spiro atoms. The van der Waals surface area contributed by atoms with E-state index in [1.54, 1.807) is 13.1 Å². The van der Waals surface area contributed by atoms with Gasteiger partial charge >= 0.3 is 5.97 Å². The molecule has 1 amide bonds. The number of ether oxygens (including phenoxy) is 1. The molecule has 0 aliphatic heterocycles. The van der Waals surface area contributed by atoms with Crippen molar-refractivity contribution in [1.29, 1.82) is 0 Å². The smallest absolute Gasteiger partial charge is 0.358 e. The van der Waals surface area contributed by atoms with Gasteiger partial charge in [0.25, 0.3) is 0 Å². The minimum Gasteiger partial charge on any atom is -0.461 e. The molecule has 2 aromatic heterocycles. The number of imidazole rings is 1. The van der Waals surface area contributed by atoms with Crippen molar-refractivity contribution < 1.29 is 14.3 Å². The van der Waals surface area contributed by atoms with Gasteiger partial charge in [-0.15, -0.1) is 0 Å². The van der Waals surface area contributed by atoms with E-state index in [0.717, 1.165) is 15.9 Å². The van der Waals surface area contributed by atoms with Crippen LogP contribution in [0.15, 0.2) is 24.4 Å². The summed E-state index contributed by atoms with van der Waals surface area (Å²) in [6, 6.07) is 5.60. The second kappa shape index (κ2) is 5.17. The molecule has 3 rings (SSSR count). The van der Waals surface area contributed by atoms with Crippen molar-refractivity contribution in [2.75, 3.05) is 11.9 Å². The van der Waals surface area contributed by atoms with Gasteiger partial charge in [0.2, 0.25) is 5.91 Å². The van der Waals surface area contributed by atoms with Gasteiger partial charge in [0.15, 0.2) is 10.7 Å². The van der Waals surface area contributed by atoms with Crippen molar-refractivity contribution in [3.8, 4) is 0 Å². The second-order valence-corrected chi connectivity index (χ2v) is 5.47. The Morgan fingerprint density at radius 3 is 2.95 bits per heavy atom. The van der Waals surface area contributed by atoms with Crippen LogP contribution in [0.5, 0.6) is 0 Å². The summed E-state index contributed by atoms with van der Waals surface area (Å²) < 4.78 is 7.78. The summed E-state index contributed by atoms with van der Waals surface area (Å²) in [7, 11) is 0. The van der Waals surface area contributed by atoms with Gasteiger partial charge in [0.05, 0.1) is 16.8 Å². The Morgan fingerprint density at radius 2 is 2.24 bits per heavy atom. The molecule has 3 aromatic rings. The summed E-state index contributed by atoms with van der Waals surface area (Å²) in [4.78, 5) is 27.8. The molecule has 0 aliphatic rings. The molecule has 2 heterocycles. The molecule has 1 N–H and O–H groups in total. The molecule has 0 saturated heterocycles. The first-order valence-electron chi connectivity index (χ1n) is 6.45. The Balaban J connectivity index is 2.04. The van der Waals surface area contributed by atoms with Gasteiger partial charge in [-0.2, -0.15) is 0 Å². The minimum atomic E-state index is -0.420. The Bertz CT molecular complexity index is 850. The third-order valence-corrected chi connectivity index (χ3v) is 3.92. The summed E-state index contributed by atoms with van der Waals surface area (Å²) in [5.74, 6) is -0.531. The number of esters is 1. The van der Waals surface area contributed by atoms with Gasteiger partial charge in [0.1, 0.15) is 0 Å². The highest BCUT2D eigenvalue weighted by atomic mass is 32.1. The van der Waals surface area contributed by atoms with Gasteiger partial charge in [-0.05, 0) is 25.1 Å². The van der Waals surface area contributed by atoms with Crippen molar-refractivity contribution in [1.82, 2.24) is 9.38 Å². The fraction of sp³-hybridized carbons (Fsp3) is 0.214. The summed E-state index contributed by atoms with van der Waals surface area (Å²) in [6.07, 6.45) is 1.67. The van der Waals surface area contributed by atoms with E-state index in [1.165, 1.54) is 18.3 Å². The van der Waals surface area contributed by atoms with Gasteiger partial charge in [-0.3, -0.25) is 9.20 Å². The first-order chi connectivity index (χ1) is 10.1. The lowest BCUT2D eigenvalue weighted by atomic mass is 10.3. The lowest BCUT2D eigenvalue weighted by Crippen LogP contribution is -2.05. The molecule has 0 saturated carbocycles. The third kappa shape index (κ3) is 2.47. The topological polar surface area (TPSA) is 72.7 Å². The number of nitrogens with zero attached hydrogens (tertiary/aromatic N) is 2. The molecule has 0 aliphatic carbocycles. The number of benzene rings is 1. The lowest BCUT2D eigenvalue weighted by molar-refractivity contribution is -0.114. The summed E-state index contributed by atoms with van der Waals surface area (Å²) in [5, 5.41) is 2.74. The van der Waals surface area contributed by atoms with E-state index in [2.05, 4.69) is 10.3 Å². The number of carbonyl (C=O) groups excluding carboxylic acids is 2. The van der Waals surface area contributed by atoms with E-state index >= 15 is 0 Å². The van der Waals surface area contributed by atoms with E-state index in [0.29, 0.717) is 17.3 Å². The van der Waals surface area contributed by atoms with Crippen LogP contribution in [0.25, 0.3) is 15.2 Å². The van der Waals surface area contributed by atoms with Crippen LogP contribution in [0, 0.1) is 0 Å². The zero-order valence-corrected chi connectivity index (χ0v) is 12.4. The van der Waals surface area contributed by atoms with E-state index in [1.807, 2.05) is 22.6 Å². The van der Waals surface area contributed by atoms with Gasteiger partial charge < -0.3 is 10.1 Å². The van der Waals surface area contributed by atoms with Gasteiger partial charge in [-0.1, -0.05) is 11.3 Å². The predicted molar refractivity (Wildman–Crippen MR) is 80.8 cm³/mol. The second-order valence-electron chi connectivity index (χ2n) is 4.46. The highest BCUT2D eigenvalue weighted by Gasteiger charge is 2.15. The molecular formula is C14H13N3O3S. The predicted octanol–water partition coefficient (Wildman–Crippen LogP) is 2.68. The first-order valence-corrected chi connectivity index (χ1v) is 7.26. The number of thiazole rings is 1. The van der Waals surface area contributed by atoms with Crippen LogP contribution in [0.3, 0.4) is 0 Å². The SMILES string of the molecule is CCOC(=O)c1cn2c(n1)sc1cc(NC(C)=O)ccc12. The third-order valence-electron chi connectivity index (χ3n) is 2.90. The fourth-order valence-electron chi connectivity index (χ4n) is 2.09. The molecule has 21 heavy (non-hydrogen) atoms. The molecule has 0 fully saturated rings. The highest BCUT2D eigenvalue weighted by molar-refractivity contribution is 7.23. The Labute approximate surface area is 124 Å². The molecule has 0 atom stereocenters. The molecule has 1 aromatic carbocycles. The number of amides is 1. The number of anilines is 1. The van der Waals surface area contributed by atoms with Crippen molar-refractivity contribution in [3.05, 3.63) is 30.1 Å². The molecule has 108 valence electrons. The number of rotatable bonds is 3. The normalized spacial score (nSPS) is 11.0. The molecular weight excluding hydrogens is 290 g/mol. The van der Waals surface area contributed by atoms with Crippen LogP contribution < -0.4 is 5.32 Å². The van der Waals surface area contributed by atoms with Crippen LogP contribution in [0.2, 0.25) is 0 Å². The zero-order valence-electron chi connectivity index (χ0n) is 11.5. The van der Waals surface area contributed by atoms with Crippen LogP contribution in [0.1, 0.15) is 24.3 Å². The number of fused-ring (bicyclic) bond motifs is 3. The zero-order chi connectivity index (χ0) is 15.0. The maximum Gasteiger partial charge on any atom is 0.358 e. The van der Waals surface area contributed by atoms with Crippen LogP contribution in [0.4, 0.5) is 5.69 Å².